The van der Waals surface area contributed by atoms with Crippen LogP contribution < -0.4 is 9.47 Å². The van der Waals surface area contributed by atoms with Gasteiger partial charge >= 0.3 is 0 Å². The maximum atomic E-state index is 11.1. The van der Waals surface area contributed by atoms with Crippen molar-refractivity contribution < 1.29 is 19.0 Å². The number of hydrogen-bond donors (Lipinski definition) is 0. The Morgan fingerprint density at radius 1 is 1.23 bits per heavy atom. The molecule has 1 aromatic carbocycles. The predicted molar refractivity (Wildman–Crippen MR) is 85.2 cm³/mol. The van der Waals surface area contributed by atoms with Crippen LogP contribution in [-0.2, 0) is 9.53 Å². The van der Waals surface area contributed by atoms with Crippen molar-refractivity contribution >= 4 is 5.78 Å². The zero-order valence-corrected chi connectivity index (χ0v) is 13.0. The fourth-order valence-corrected chi connectivity index (χ4v) is 2.26. The maximum Gasteiger partial charge on any atom is 0.199 e. The SMILES string of the molecule is C=CC(=O)CCCCOc1ccc(OC2CCCCO2)cc1. The Labute approximate surface area is 132 Å². The summed E-state index contributed by atoms with van der Waals surface area (Å²) in [6.45, 7) is 4.84. The van der Waals surface area contributed by atoms with Crippen molar-refractivity contribution in [2.45, 2.75) is 44.8 Å². The summed E-state index contributed by atoms with van der Waals surface area (Å²) in [4.78, 5) is 11.1. The number of rotatable bonds is 9. The first kappa shape index (κ1) is 16.6. The molecule has 1 aliphatic rings. The summed E-state index contributed by atoms with van der Waals surface area (Å²) < 4.78 is 17.0. The third-order valence-electron chi connectivity index (χ3n) is 3.54. The van der Waals surface area contributed by atoms with E-state index in [9.17, 15) is 4.79 Å². The van der Waals surface area contributed by atoms with Crippen LogP contribution in [0.1, 0.15) is 38.5 Å². The first-order valence-electron chi connectivity index (χ1n) is 7.94. The van der Waals surface area contributed by atoms with E-state index < -0.39 is 0 Å². The van der Waals surface area contributed by atoms with Crippen molar-refractivity contribution in [3.8, 4) is 11.5 Å². The average molecular weight is 304 g/mol. The van der Waals surface area contributed by atoms with Gasteiger partial charge in [-0.05, 0) is 56.0 Å². The molecule has 0 aliphatic carbocycles. The van der Waals surface area contributed by atoms with E-state index in [1.807, 2.05) is 24.3 Å². The molecule has 1 fully saturated rings. The fourth-order valence-electron chi connectivity index (χ4n) is 2.26. The van der Waals surface area contributed by atoms with Crippen molar-refractivity contribution in [1.82, 2.24) is 0 Å². The van der Waals surface area contributed by atoms with E-state index in [1.165, 1.54) is 6.08 Å². The number of benzene rings is 1. The molecule has 0 N–H and O–H groups in total. The summed E-state index contributed by atoms with van der Waals surface area (Å²) in [5.41, 5.74) is 0. The van der Waals surface area contributed by atoms with Gasteiger partial charge in [0.05, 0.1) is 13.2 Å². The van der Waals surface area contributed by atoms with Gasteiger partial charge in [-0.15, -0.1) is 0 Å². The van der Waals surface area contributed by atoms with Crippen LogP contribution in [0.15, 0.2) is 36.9 Å². The van der Waals surface area contributed by atoms with Crippen LogP contribution in [0.4, 0.5) is 0 Å². The Morgan fingerprint density at radius 3 is 2.68 bits per heavy atom. The normalized spacial score (nSPS) is 17.7. The summed E-state index contributed by atoms with van der Waals surface area (Å²) in [5, 5.41) is 0. The summed E-state index contributed by atoms with van der Waals surface area (Å²) in [6, 6.07) is 7.59. The van der Waals surface area contributed by atoms with Crippen molar-refractivity contribution in [2.24, 2.45) is 0 Å². The minimum atomic E-state index is -0.122. The second kappa shape index (κ2) is 9.26. The lowest BCUT2D eigenvalue weighted by Crippen LogP contribution is -2.24. The van der Waals surface area contributed by atoms with Crippen molar-refractivity contribution in [2.75, 3.05) is 13.2 Å². The number of ether oxygens (including phenoxy) is 3. The smallest absolute Gasteiger partial charge is 0.199 e. The molecule has 1 aliphatic heterocycles. The molecular formula is C18H24O4. The molecule has 1 heterocycles. The topological polar surface area (TPSA) is 44.8 Å². The van der Waals surface area contributed by atoms with Gasteiger partial charge in [-0.2, -0.15) is 0 Å². The van der Waals surface area contributed by atoms with Gasteiger partial charge in [-0.3, -0.25) is 4.79 Å². The van der Waals surface area contributed by atoms with Crippen molar-refractivity contribution in [3.05, 3.63) is 36.9 Å². The summed E-state index contributed by atoms with van der Waals surface area (Å²) in [7, 11) is 0. The van der Waals surface area contributed by atoms with Crippen LogP contribution >= 0.6 is 0 Å². The molecule has 4 nitrogen and oxygen atoms in total. The van der Waals surface area contributed by atoms with Gasteiger partial charge in [0.2, 0.25) is 0 Å². The molecule has 0 aromatic heterocycles. The Kier molecular flexibility index (Phi) is 6.97. The number of unbranched alkanes of at least 4 members (excludes halogenated alkanes) is 1. The predicted octanol–water partition coefficient (Wildman–Crippen LogP) is 3.90. The number of carbonyl (C=O) groups excluding carboxylic acids is 1. The van der Waals surface area contributed by atoms with E-state index in [0.717, 1.165) is 50.2 Å². The van der Waals surface area contributed by atoms with Gasteiger partial charge in [0.15, 0.2) is 12.1 Å². The second-order valence-electron chi connectivity index (χ2n) is 5.36. The quantitative estimate of drug-likeness (QED) is 0.513. The van der Waals surface area contributed by atoms with Crippen LogP contribution in [0.5, 0.6) is 11.5 Å². The zero-order valence-electron chi connectivity index (χ0n) is 13.0. The van der Waals surface area contributed by atoms with E-state index in [0.29, 0.717) is 13.0 Å². The monoisotopic (exact) mass is 304 g/mol. The number of ketones is 1. The first-order valence-corrected chi connectivity index (χ1v) is 7.94. The molecule has 0 radical (unpaired) electrons. The van der Waals surface area contributed by atoms with E-state index in [1.54, 1.807) is 0 Å². The molecule has 22 heavy (non-hydrogen) atoms. The molecule has 1 aromatic rings. The molecule has 120 valence electrons. The second-order valence-corrected chi connectivity index (χ2v) is 5.36. The average Bonchev–Trinajstić information content (AvgIpc) is 2.57. The van der Waals surface area contributed by atoms with Gasteiger partial charge in [0, 0.05) is 12.8 Å². The van der Waals surface area contributed by atoms with Gasteiger partial charge < -0.3 is 14.2 Å². The zero-order chi connectivity index (χ0) is 15.6. The van der Waals surface area contributed by atoms with Gasteiger partial charge in [-0.25, -0.2) is 0 Å². The van der Waals surface area contributed by atoms with E-state index in [-0.39, 0.29) is 12.1 Å². The maximum absolute atomic E-state index is 11.1. The highest BCUT2D eigenvalue weighted by molar-refractivity contribution is 5.88. The minimum Gasteiger partial charge on any atom is -0.494 e. The lowest BCUT2D eigenvalue weighted by atomic mass is 10.2. The van der Waals surface area contributed by atoms with E-state index >= 15 is 0 Å². The van der Waals surface area contributed by atoms with E-state index in [4.69, 9.17) is 14.2 Å². The molecule has 0 bridgehead atoms. The molecule has 1 atom stereocenters. The van der Waals surface area contributed by atoms with Gasteiger partial charge in [-0.1, -0.05) is 6.58 Å². The summed E-state index contributed by atoms with van der Waals surface area (Å²) >= 11 is 0. The molecule has 0 saturated carbocycles. The largest absolute Gasteiger partial charge is 0.494 e. The highest BCUT2D eigenvalue weighted by atomic mass is 16.7. The highest BCUT2D eigenvalue weighted by Gasteiger charge is 2.14. The number of hydrogen-bond acceptors (Lipinski definition) is 4. The summed E-state index contributed by atoms with van der Waals surface area (Å²) in [6.07, 6.45) is 6.69. The van der Waals surface area contributed by atoms with Crippen molar-refractivity contribution in [1.29, 1.82) is 0 Å². The van der Waals surface area contributed by atoms with Crippen molar-refractivity contribution in [3.63, 3.8) is 0 Å². The Hall–Kier alpha value is -1.81. The third-order valence-corrected chi connectivity index (χ3v) is 3.54. The Balaban J connectivity index is 1.65. The molecule has 0 amide bonds. The van der Waals surface area contributed by atoms with E-state index in [2.05, 4.69) is 6.58 Å². The third kappa shape index (κ3) is 5.90. The standard InChI is InChI=1S/C18H24O4/c1-2-15(19)7-3-5-13-20-16-9-11-17(12-10-16)22-18-8-4-6-14-21-18/h2,9-12,18H,1,3-8,13-14H2. The number of allylic oxidation sites excluding steroid dienone is 1. The lowest BCUT2D eigenvalue weighted by molar-refractivity contribution is -0.114. The van der Waals surface area contributed by atoms with Crippen LogP contribution in [0.25, 0.3) is 0 Å². The molecule has 4 heteroatoms. The van der Waals surface area contributed by atoms with Gasteiger partial charge in [0.1, 0.15) is 11.5 Å². The van der Waals surface area contributed by atoms with Crippen LogP contribution in [0.2, 0.25) is 0 Å². The van der Waals surface area contributed by atoms with Crippen LogP contribution in [0.3, 0.4) is 0 Å². The molecule has 0 spiro atoms. The summed E-state index contributed by atoms with van der Waals surface area (Å²) in [5.74, 6) is 1.70. The lowest BCUT2D eigenvalue weighted by Gasteiger charge is -2.23. The molecular weight excluding hydrogens is 280 g/mol. The Morgan fingerprint density at radius 2 is 2.00 bits per heavy atom. The number of carbonyl (C=O) groups is 1. The van der Waals surface area contributed by atoms with Crippen LogP contribution in [-0.4, -0.2) is 25.3 Å². The molecule has 1 unspecified atom stereocenters. The first-order chi connectivity index (χ1) is 10.8. The van der Waals surface area contributed by atoms with Crippen LogP contribution in [0, 0.1) is 0 Å². The fraction of sp³-hybridized carbons (Fsp3) is 0.500. The highest BCUT2D eigenvalue weighted by Crippen LogP contribution is 2.22. The molecule has 2 rings (SSSR count). The molecule has 1 saturated heterocycles. The Bertz CT molecular complexity index is 460. The van der Waals surface area contributed by atoms with Gasteiger partial charge in [0.25, 0.3) is 0 Å². The minimum absolute atomic E-state index is 0.0893.